The van der Waals surface area contributed by atoms with Crippen LogP contribution < -0.4 is 9.47 Å². The van der Waals surface area contributed by atoms with Crippen molar-refractivity contribution in [2.45, 2.75) is 31.8 Å². The second kappa shape index (κ2) is 11.3. The molecule has 6 heteroatoms. The number of aliphatic hydroxyl groups is 1. The highest BCUT2D eigenvalue weighted by Gasteiger charge is 2.20. The zero-order valence-corrected chi connectivity index (χ0v) is 20.2. The molecular formula is C26H32BrNO4. The van der Waals surface area contributed by atoms with E-state index >= 15 is 0 Å². The summed E-state index contributed by atoms with van der Waals surface area (Å²) in [5.74, 6) is 2.36. The minimum absolute atomic E-state index is 0.559. The Balaban J connectivity index is 1.24. The second-order valence-electron chi connectivity index (χ2n) is 8.61. The Morgan fingerprint density at radius 3 is 2.72 bits per heavy atom. The summed E-state index contributed by atoms with van der Waals surface area (Å²) in [7, 11) is 1.69. The van der Waals surface area contributed by atoms with Crippen LogP contribution in [0.2, 0.25) is 0 Å². The lowest BCUT2D eigenvalue weighted by molar-refractivity contribution is 0.146. The lowest BCUT2D eigenvalue weighted by Gasteiger charge is -2.32. The summed E-state index contributed by atoms with van der Waals surface area (Å²) in [6.07, 6.45) is 7.19. The van der Waals surface area contributed by atoms with E-state index in [4.69, 9.17) is 14.2 Å². The van der Waals surface area contributed by atoms with E-state index in [1.165, 1.54) is 24.0 Å². The monoisotopic (exact) mass is 501 g/mol. The van der Waals surface area contributed by atoms with Crippen LogP contribution in [0.4, 0.5) is 0 Å². The van der Waals surface area contributed by atoms with Crippen LogP contribution >= 0.6 is 15.9 Å². The van der Waals surface area contributed by atoms with Crippen molar-refractivity contribution < 1.29 is 19.3 Å². The Labute approximate surface area is 199 Å². The number of piperidine rings is 1. The van der Waals surface area contributed by atoms with E-state index in [2.05, 4.69) is 51.2 Å². The summed E-state index contributed by atoms with van der Waals surface area (Å²) in [5, 5.41) is 10.1. The predicted octanol–water partition coefficient (Wildman–Crippen LogP) is 4.91. The van der Waals surface area contributed by atoms with Gasteiger partial charge in [0.25, 0.3) is 0 Å². The summed E-state index contributed by atoms with van der Waals surface area (Å²) < 4.78 is 17.4. The standard InChI is InChI=1S/C26H32BrNO4/c1-30-14-15-32-26-18-21(2-4-23(26)27)16-20-7-11-28(12-8-20)10-6-19-3-5-25-22(17-19)24(29)9-13-31-25/h2-5,9,13,17-18,20,24,29H,6-8,10-12,14-16H2,1H3. The third-order valence-corrected chi connectivity index (χ3v) is 6.99. The molecule has 0 saturated carbocycles. The van der Waals surface area contributed by atoms with E-state index in [0.29, 0.717) is 19.1 Å². The molecule has 0 spiro atoms. The van der Waals surface area contributed by atoms with Gasteiger partial charge in [-0.05, 0) is 102 Å². The van der Waals surface area contributed by atoms with Crippen molar-refractivity contribution in [2.24, 2.45) is 5.92 Å². The van der Waals surface area contributed by atoms with Crippen LogP contribution in [0.3, 0.4) is 0 Å². The van der Waals surface area contributed by atoms with Gasteiger partial charge in [-0.15, -0.1) is 0 Å². The maximum Gasteiger partial charge on any atom is 0.133 e. The van der Waals surface area contributed by atoms with E-state index in [0.717, 1.165) is 54.0 Å². The second-order valence-corrected chi connectivity index (χ2v) is 9.46. The average Bonchev–Trinajstić information content (AvgIpc) is 2.81. The van der Waals surface area contributed by atoms with Gasteiger partial charge in [-0.1, -0.05) is 12.1 Å². The van der Waals surface area contributed by atoms with Crippen LogP contribution in [0.25, 0.3) is 0 Å². The largest absolute Gasteiger partial charge is 0.490 e. The highest BCUT2D eigenvalue weighted by atomic mass is 79.9. The SMILES string of the molecule is COCCOc1cc(CC2CCN(CCc3ccc4c(c3)C(O)C=CO4)CC2)ccc1Br. The van der Waals surface area contributed by atoms with Gasteiger partial charge in [-0.25, -0.2) is 0 Å². The molecule has 1 N–H and O–H groups in total. The maximum absolute atomic E-state index is 10.1. The highest BCUT2D eigenvalue weighted by Crippen LogP contribution is 2.32. The molecule has 4 rings (SSSR count). The van der Waals surface area contributed by atoms with Gasteiger partial charge in [-0.3, -0.25) is 0 Å². The van der Waals surface area contributed by atoms with Gasteiger partial charge in [0, 0.05) is 19.2 Å². The number of rotatable bonds is 9. The van der Waals surface area contributed by atoms with Crippen LogP contribution in [0.1, 0.15) is 35.6 Å². The lowest BCUT2D eigenvalue weighted by atomic mass is 9.90. The van der Waals surface area contributed by atoms with Crippen molar-refractivity contribution in [2.75, 3.05) is 40.0 Å². The molecule has 0 radical (unpaired) electrons. The Morgan fingerprint density at radius 1 is 1.09 bits per heavy atom. The molecule has 0 amide bonds. The van der Waals surface area contributed by atoms with Crippen LogP contribution in [-0.4, -0.2) is 50.0 Å². The average molecular weight is 502 g/mol. The van der Waals surface area contributed by atoms with Crippen LogP contribution in [0.5, 0.6) is 11.5 Å². The number of methoxy groups -OCH3 is 1. The van der Waals surface area contributed by atoms with Gasteiger partial charge in [0.2, 0.25) is 0 Å². The quantitative estimate of drug-likeness (QED) is 0.494. The lowest BCUT2D eigenvalue weighted by Crippen LogP contribution is -2.35. The number of aliphatic hydroxyl groups excluding tert-OH is 1. The molecule has 0 aromatic heterocycles. The topological polar surface area (TPSA) is 51.2 Å². The molecule has 2 heterocycles. The van der Waals surface area contributed by atoms with Crippen molar-refractivity contribution in [3.63, 3.8) is 0 Å². The van der Waals surface area contributed by atoms with Gasteiger partial charge < -0.3 is 24.2 Å². The van der Waals surface area contributed by atoms with Crippen molar-refractivity contribution >= 4 is 15.9 Å². The predicted molar refractivity (Wildman–Crippen MR) is 129 cm³/mol. The Hall–Kier alpha value is -1.86. The van der Waals surface area contributed by atoms with E-state index < -0.39 is 6.10 Å². The molecule has 2 aromatic rings. The highest BCUT2D eigenvalue weighted by molar-refractivity contribution is 9.10. The summed E-state index contributed by atoms with van der Waals surface area (Å²) in [5.41, 5.74) is 3.45. The molecule has 2 aliphatic heterocycles. The Kier molecular flexibility index (Phi) is 8.25. The van der Waals surface area contributed by atoms with Crippen LogP contribution in [0, 0.1) is 5.92 Å². The molecule has 32 heavy (non-hydrogen) atoms. The number of fused-ring (bicyclic) bond motifs is 1. The van der Waals surface area contributed by atoms with E-state index in [9.17, 15) is 5.11 Å². The fourth-order valence-electron chi connectivity index (χ4n) is 4.44. The number of halogens is 1. The number of hydrogen-bond acceptors (Lipinski definition) is 5. The summed E-state index contributed by atoms with van der Waals surface area (Å²) in [4.78, 5) is 2.56. The third-order valence-electron chi connectivity index (χ3n) is 6.34. The van der Waals surface area contributed by atoms with E-state index in [1.807, 2.05) is 6.07 Å². The number of ether oxygens (including phenoxy) is 3. The molecule has 1 saturated heterocycles. The minimum atomic E-state index is -0.570. The first kappa shape index (κ1) is 23.3. The Morgan fingerprint density at radius 2 is 1.91 bits per heavy atom. The molecule has 0 aliphatic carbocycles. The number of hydrogen-bond donors (Lipinski definition) is 1. The van der Waals surface area contributed by atoms with E-state index in [1.54, 1.807) is 19.4 Å². The van der Waals surface area contributed by atoms with Gasteiger partial charge in [0.1, 0.15) is 24.2 Å². The zero-order valence-electron chi connectivity index (χ0n) is 18.6. The smallest absolute Gasteiger partial charge is 0.133 e. The summed E-state index contributed by atoms with van der Waals surface area (Å²) >= 11 is 3.58. The summed E-state index contributed by atoms with van der Waals surface area (Å²) in [6.45, 7) is 4.47. The molecule has 0 bridgehead atoms. The fraction of sp³-hybridized carbons (Fsp3) is 0.462. The van der Waals surface area contributed by atoms with Gasteiger partial charge >= 0.3 is 0 Å². The van der Waals surface area contributed by atoms with E-state index in [-0.39, 0.29) is 0 Å². The normalized spacial score (nSPS) is 18.9. The molecule has 1 atom stereocenters. The zero-order chi connectivity index (χ0) is 22.3. The van der Waals surface area contributed by atoms with Crippen LogP contribution in [0.15, 0.2) is 53.2 Å². The van der Waals surface area contributed by atoms with Crippen molar-refractivity contribution in [3.8, 4) is 11.5 Å². The first-order valence-electron chi connectivity index (χ1n) is 11.4. The van der Waals surface area contributed by atoms with Crippen molar-refractivity contribution in [3.05, 3.63) is 69.9 Å². The molecule has 1 fully saturated rings. The van der Waals surface area contributed by atoms with Gasteiger partial charge in [0.15, 0.2) is 0 Å². The molecule has 172 valence electrons. The molecular weight excluding hydrogens is 470 g/mol. The number of benzene rings is 2. The van der Waals surface area contributed by atoms with Crippen molar-refractivity contribution in [1.29, 1.82) is 0 Å². The molecule has 1 unspecified atom stereocenters. The molecule has 2 aromatic carbocycles. The molecule has 5 nitrogen and oxygen atoms in total. The maximum atomic E-state index is 10.1. The number of nitrogens with zero attached hydrogens (tertiary/aromatic N) is 1. The van der Waals surface area contributed by atoms with Gasteiger partial charge in [-0.2, -0.15) is 0 Å². The number of likely N-dealkylation sites (tertiary alicyclic amines) is 1. The van der Waals surface area contributed by atoms with Gasteiger partial charge in [0.05, 0.1) is 17.3 Å². The molecule has 2 aliphatic rings. The summed E-state index contributed by atoms with van der Waals surface area (Å²) in [6, 6.07) is 12.6. The third kappa shape index (κ3) is 6.13. The Bertz CT molecular complexity index is 924. The van der Waals surface area contributed by atoms with Crippen molar-refractivity contribution in [1.82, 2.24) is 4.90 Å². The fourth-order valence-corrected chi connectivity index (χ4v) is 4.80. The first-order chi connectivity index (χ1) is 15.6. The van der Waals surface area contributed by atoms with Crippen LogP contribution in [-0.2, 0) is 17.6 Å². The minimum Gasteiger partial charge on any atom is -0.490 e. The first-order valence-corrected chi connectivity index (χ1v) is 12.2.